The van der Waals surface area contributed by atoms with Crippen molar-refractivity contribution in [3.05, 3.63) is 55.0 Å². The van der Waals surface area contributed by atoms with E-state index in [0.717, 1.165) is 22.5 Å². The number of benzene rings is 1. The van der Waals surface area contributed by atoms with E-state index in [2.05, 4.69) is 25.5 Å². The van der Waals surface area contributed by atoms with Crippen LogP contribution >= 0.6 is 0 Å². The molecule has 8 heteroatoms. The van der Waals surface area contributed by atoms with Crippen molar-refractivity contribution in [2.45, 2.75) is 0 Å². The van der Waals surface area contributed by atoms with E-state index >= 15 is 0 Å². The predicted molar refractivity (Wildman–Crippen MR) is 96.8 cm³/mol. The number of hydrogen-bond acceptors (Lipinski definition) is 7. The van der Waals surface area contributed by atoms with Crippen molar-refractivity contribution in [3.8, 4) is 22.8 Å². The summed E-state index contributed by atoms with van der Waals surface area (Å²) in [6.45, 7) is 0. The van der Waals surface area contributed by atoms with Gasteiger partial charge >= 0.3 is 0 Å². The second-order valence-corrected chi connectivity index (χ2v) is 5.42. The van der Waals surface area contributed by atoms with Crippen LogP contribution in [0.25, 0.3) is 16.8 Å². The molecule has 4 rings (SSSR count). The van der Waals surface area contributed by atoms with E-state index in [-0.39, 0.29) is 0 Å². The zero-order valence-corrected chi connectivity index (χ0v) is 14.2. The largest absolute Gasteiger partial charge is 0.493 e. The van der Waals surface area contributed by atoms with Gasteiger partial charge in [0, 0.05) is 29.7 Å². The fourth-order valence-electron chi connectivity index (χ4n) is 2.64. The summed E-state index contributed by atoms with van der Waals surface area (Å²) >= 11 is 0. The molecule has 1 aromatic carbocycles. The van der Waals surface area contributed by atoms with Gasteiger partial charge < -0.3 is 14.8 Å². The third-order valence-corrected chi connectivity index (χ3v) is 3.88. The van der Waals surface area contributed by atoms with Crippen LogP contribution in [-0.2, 0) is 0 Å². The summed E-state index contributed by atoms with van der Waals surface area (Å²) < 4.78 is 12.1. The summed E-state index contributed by atoms with van der Waals surface area (Å²) in [6, 6.07) is 11.2. The molecule has 0 atom stereocenters. The van der Waals surface area contributed by atoms with Crippen LogP contribution in [0.4, 0.5) is 11.6 Å². The van der Waals surface area contributed by atoms with Crippen LogP contribution in [0, 0.1) is 0 Å². The molecule has 0 saturated carbocycles. The van der Waals surface area contributed by atoms with Gasteiger partial charge in [-0.05, 0) is 30.3 Å². The van der Waals surface area contributed by atoms with E-state index in [1.807, 2.05) is 36.4 Å². The summed E-state index contributed by atoms with van der Waals surface area (Å²) in [5, 5.41) is 11.6. The monoisotopic (exact) mass is 348 g/mol. The number of anilines is 2. The molecule has 0 radical (unpaired) electrons. The Kier molecular flexibility index (Phi) is 4.06. The molecule has 130 valence electrons. The molecule has 0 spiro atoms. The second kappa shape index (κ2) is 6.67. The molecule has 0 amide bonds. The molecule has 0 bridgehead atoms. The van der Waals surface area contributed by atoms with Crippen molar-refractivity contribution in [3.63, 3.8) is 0 Å². The minimum atomic E-state index is 0.470. The molecule has 1 N–H and O–H groups in total. The molecule has 0 aliphatic heterocycles. The molecular formula is C18H16N6O2. The van der Waals surface area contributed by atoms with Crippen LogP contribution < -0.4 is 14.8 Å². The van der Waals surface area contributed by atoms with E-state index in [0.29, 0.717) is 17.4 Å². The number of nitrogens with one attached hydrogen (secondary N) is 1. The molecule has 0 unspecified atom stereocenters. The summed E-state index contributed by atoms with van der Waals surface area (Å²) in [5.41, 5.74) is 3.31. The molecule has 3 aromatic heterocycles. The molecule has 0 aliphatic rings. The first-order chi connectivity index (χ1) is 12.8. The number of ether oxygens (including phenoxy) is 2. The number of nitrogens with zero attached hydrogens (tertiary/aromatic N) is 5. The molecule has 0 aliphatic carbocycles. The molecule has 8 nitrogen and oxygen atoms in total. The van der Waals surface area contributed by atoms with Crippen LogP contribution in [-0.4, -0.2) is 39.0 Å². The number of fused-ring (bicyclic) bond motifs is 1. The zero-order chi connectivity index (χ0) is 17.9. The first-order valence-corrected chi connectivity index (χ1v) is 7.90. The second-order valence-electron chi connectivity index (χ2n) is 5.42. The first-order valence-electron chi connectivity index (χ1n) is 7.90. The quantitative estimate of drug-likeness (QED) is 0.593. The van der Waals surface area contributed by atoms with Crippen LogP contribution in [0.15, 0.2) is 55.0 Å². The Hall–Kier alpha value is -3.68. The smallest absolute Gasteiger partial charge is 0.227 e. The van der Waals surface area contributed by atoms with E-state index in [9.17, 15) is 0 Å². The number of rotatable bonds is 5. The van der Waals surface area contributed by atoms with Crippen LogP contribution in [0.5, 0.6) is 11.5 Å². The Morgan fingerprint density at radius 1 is 0.962 bits per heavy atom. The van der Waals surface area contributed by atoms with Gasteiger partial charge in [0.1, 0.15) is 0 Å². The fraction of sp³-hybridized carbons (Fsp3) is 0.111. The number of methoxy groups -OCH3 is 2. The van der Waals surface area contributed by atoms with Crippen molar-refractivity contribution in [1.82, 2.24) is 24.8 Å². The van der Waals surface area contributed by atoms with E-state index in [1.165, 1.54) is 0 Å². The topological polar surface area (TPSA) is 86.5 Å². The van der Waals surface area contributed by atoms with Gasteiger partial charge in [0.25, 0.3) is 0 Å². The third-order valence-electron chi connectivity index (χ3n) is 3.88. The molecule has 0 fully saturated rings. The van der Waals surface area contributed by atoms with Gasteiger partial charge in [-0.25, -0.2) is 9.97 Å². The lowest BCUT2D eigenvalue weighted by molar-refractivity contribution is 0.355. The third kappa shape index (κ3) is 2.88. The highest BCUT2D eigenvalue weighted by molar-refractivity contribution is 5.77. The van der Waals surface area contributed by atoms with Gasteiger partial charge in [0.15, 0.2) is 11.5 Å². The number of aromatic nitrogens is 5. The normalized spacial score (nSPS) is 10.7. The van der Waals surface area contributed by atoms with Crippen molar-refractivity contribution in [2.24, 2.45) is 0 Å². The maximum Gasteiger partial charge on any atom is 0.227 e. The highest BCUT2D eigenvalue weighted by Gasteiger charge is 2.10. The Labute approximate surface area is 149 Å². The van der Waals surface area contributed by atoms with Gasteiger partial charge in [-0.2, -0.15) is 14.8 Å². The predicted octanol–water partition coefficient (Wildman–Crippen LogP) is 2.95. The van der Waals surface area contributed by atoms with E-state index in [1.54, 1.807) is 37.4 Å². The summed E-state index contributed by atoms with van der Waals surface area (Å²) in [7, 11) is 3.20. The highest BCUT2D eigenvalue weighted by atomic mass is 16.5. The molecule has 26 heavy (non-hydrogen) atoms. The molecule has 4 aromatic rings. The van der Waals surface area contributed by atoms with Gasteiger partial charge in [0.2, 0.25) is 5.95 Å². The van der Waals surface area contributed by atoms with Crippen LogP contribution in [0.1, 0.15) is 0 Å². The minimum Gasteiger partial charge on any atom is -0.493 e. The van der Waals surface area contributed by atoms with Crippen molar-refractivity contribution >= 4 is 17.2 Å². The maximum absolute atomic E-state index is 5.32. The van der Waals surface area contributed by atoms with Crippen LogP contribution in [0.2, 0.25) is 0 Å². The highest BCUT2D eigenvalue weighted by Crippen LogP contribution is 2.31. The summed E-state index contributed by atoms with van der Waals surface area (Å²) in [5.74, 6) is 1.76. The summed E-state index contributed by atoms with van der Waals surface area (Å²) in [4.78, 5) is 8.87. The average Bonchev–Trinajstić information content (AvgIpc) is 3.12. The van der Waals surface area contributed by atoms with E-state index < -0.39 is 0 Å². The lowest BCUT2D eigenvalue weighted by Crippen LogP contribution is -1.99. The first kappa shape index (κ1) is 15.8. The SMILES string of the molecule is COc1ccc(Nc2nccc(-c3cnn4ncccc34)n2)cc1OC. The van der Waals surface area contributed by atoms with Crippen molar-refractivity contribution in [2.75, 3.05) is 19.5 Å². The fourth-order valence-corrected chi connectivity index (χ4v) is 2.64. The standard InChI is InChI=1S/C18H16N6O2/c1-25-16-6-5-12(10-17(16)26-2)22-18-19-9-7-14(23-18)13-11-21-24-15(13)4-3-8-20-24/h3-11H,1-2H3,(H,19,22,23). The Morgan fingerprint density at radius 2 is 1.85 bits per heavy atom. The van der Waals surface area contributed by atoms with Gasteiger partial charge in [-0.1, -0.05) is 0 Å². The molecular weight excluding hydrogens is 332 g/mol. The van der Waals surface area contributed by atoms with Crippen molar-refractivity contribution < 1.29 is 9.47 Å². The lowest BCUT2D eigenvalue weighted by atomic mass is 10.2. The lowest BCUT2D eigenvalue weighted by Gasteiger charge is -2.10. The van der Waals surface area contributed by atoms with Crippen LogP contribution in [0.3, 0.4) is 0 Å². The number of hydrogen-bond donors (Lipinski definition) is 1. The average molecular weight is 348 g/mol. The Balaban J connectivity index is 1.66. The maximum atomic E-state index is 5.32. The molecule has 0 saturated heterocycles. The van der Waals surface area contributed by atoms with Gasteiger partial charge in [-0.3, -0.25) is 0 Å². The van der Waals surface area contributed by atoms with Gasteiger partial charge in [-0.15, -0.1) is 0 Å². The summed E-state index contributed by atoms with van der Waals surface area (Å²) in [6.07, 6.45) is 5.13. The van der Waals surface area contributed by atoms with Gasteiger partial charge in [0.05, 0.1) is 31.6 Å². The minimum absolute atomic E-state index is 0.470. The zero-order valence-electron chi connectivity index (χ0n) is 14.2. The van der Waals surface area contributed by atoms with E-state index in [4.69, 9.17) is 9.47 Å². The van der Waals surface area contributed by atoms with Crippen molar-refractivity contribution in [1.29, 1.82) is 0 Å². The molecule has 3 heterocycles. The Bertz CT molecular complexity index is 1060. The Morgan fingerprint density at radius 3 is 2.69 bits per heavy atom.